The number of imide groups is 1. The van der Waals surface area contributed by atoms with Crippen LogP contribution in [0.15, 0.2) is 29.2 Å². The largest absolute Gasteiger partial charge is 0.331 e. The molecule has 1 heterocycles. The Labute approximate surface area is 122 Å². The van der Waals surface area contributed by atoms with E-state index in [-0.39, 0.29) is 29.1 Å². The van der Waals surface area contributed by atoms with E-state index in [1.165, 1.54) is 30.1 Å². The summed E-state index contributed by atoms with van der Waals surface area (Å²) in [5, 5.41) is 0. The first-order chi connectivity index (χ1) is 9.88. The number of carbonyl (C=O) groups excluding carboxylic acids is 2. The highest BCUT2D eigenvalue weighted by Crippen LogP contribution is 2.26. The second-order valence-corrected chi connectivity index (χ2v) is 6.97. The molecule has 0 radical (unpaired) electrons. The molecule has 0 bridgehead atoms. The topological polar surface area (TPSA) is 86.8 Å². The van der Waals surface area contributed by atoms with Crippen LogP contribution in [0.4, 0.5) is 10.5 Å². The lowest BCUT2D eigenvalue weighted by atomic mass is 10.3. The first kappa shape index (κ1) is 14.0. The second-order valence-electron chi connectivity index (χ2n) is 5.26. The molecule has 112 valence electrons. The third kappa shape index (κ3) is 2.64. The van der Waals surface area contributed by atoms with Crippen LogP contribution in [0.3, 0.4) is 0 Å². The van der Waals surface area contributed by atoms with Gasteiger partial charge in [-0.05, 0) is 31.0 Å². The van der Waals surface area contributed by atoms with E-state index in [1.807, 2.05) is 0 Å². The molecule has 0 spiro atoms. The molecule has 1 N–H and O–H groups in total. The summed E-state index contributed by atoms with van der Waals surface area (Å²) in [7, 11) is -2.09. The summed E-state index contributed by atoms with van der Waals surface area (Å²) in [6.07, 6.45) is 1.68. The molecule has 7 nitrogen and oxygen atoms in total. The fraction of sp³-hybridized carbons (Fsp3) is 0.385. The van der Waals surface area contributed by atoms with E-state index in [4.69, 9.17) is 0 Å². The van der Waals surface area contributed by atoms with Crippen molar-refractivity contribution in [2.75, 3.05) is 18.5 Å². The van der Waals surface area contributed by atoms with Crippen molar-refractivity contribution in [3.8, 4) is 0 Å². The number of carbonyl (C=O) groups is 2. The molecular weight excluding hydrogens is 294 g/mol. The van der Waals surface area contributed by atoms with Crippen molar-refractivity contribution < 1.29 is 18.0 Å². The van der Waals surface area contributed by atoms with Crippen LogP contribution < -0.4 is 9.62 Å². The van der Waals surface area contributed by atoms with Gasteiger partial charge in [0, 0.05) is 13.1 Å². The predicted octanol–water partition coefficient (Wildman–Crippen LogP) is 0.526. The number of amides is 3. The van der Waals surface area contributed by atoms with Gasteiger partial charge in [0.05, 0.1) is 10.6 Å². The maximum atomic E-state index is 12.2. The van der Waals surface area contributed by atoms with Crippen LogP contribution in [-0.2, 0) is 14.8 Å². The third-order valence-electron chi connectivity index (χ3n) is 3.42. The number of nitrogens with one attached hydrogen (secondary N) is 1. The van der Waals surface area contributed by atoms with Crippen molar-refractivity contribution in [1.29, 1.82) is 0 Å². The molecule has 1 saturated heterocycles. The molecule has 1 saturated carbocycles. The lowest BCUT2D eigenvalue weighted by Crippen LogP contribution is -2.32. The highest BCUT2D eigenvalue weighted by Gasteiger charge is 2.35. The van der Waals surface area contributed by atoms with Crippen LogP contribution in [0.25, 0.3) is 0 Å². The molecule has 1 aliphatic heterocycles. The molecule has 2 fully saturated rings. The van der Waals surface area contributed by atoms with Crippen molar-refractivity contribution in [1.82, 2.24) is 9.62 Å². The van der Waals surface area contributed by atoms with Gasteiger partial charge in [-0.2, -0.15) is 0 Å². The Kier molecular flexibility index (Phi) is 3.22. The summed E-state index contributed by atoms with van der Waals surface area (Å²) in [6.45, 7) is -0.00383. The zero-order valence-electron chi connectivity index (χ0n) is 11.4. The number of urea groups is 1. The smallest absolute Gasteiger partial charge is 0.318 e. The van der Waals surface area contributed by atoms with Crippen LogP contribution in [0.5, 0.6) is 0 Å². The minimum atomic E-state index is -3.61. The van der Waals surface area contributed by atoms with Crippen LogP contribution in [0, 0.1) is 0 Å². The second kappa shape index (κ2) is 4.81. The number of anilines is 1. The standard InChI is InChI=1S/C13H15N3O4S/c1-15-8-12(17)16(13(15)18)10-3-2-4-11(7-10)21(19,20)14-9-5-6-9/h2-4,7,9,14H,5-6,8H2,1H3. The third-order valence-corrected chi connectivity index (χ3v) is 4.94. The van der Waals surface area contributed by atoms with Gasteiger partial charge in [-0.3, -0.25) is 4.79 Å². The predicted molar refractivity (Wildman–Crippen MR) is 75.3 cm³/mol. The van der Waals surface area contributed by atoms with E-state index in [1.54, 1.807) is 6.07 Å². The number of hydrogen-bond acceptors (Lipinski definition) is 4. The van der Waals surface area contributed by atoms with Crippen LogP contribution >= 0.6 is 0 Å². The zero-order valence-corrected chi connectivity index (χ0v) is 12.3. The van der Waals surface area contributed by atoms with E-state index in [0.29, 0.717) is 0 Å². The van der Waals surface area contributed by atoms with Gasteiger partial charge in [-0.15, -0.1) is 0 Å². The maximum absolute atomic E-state index is 12.2. The molecule has 3 amide bonds. The van der Waals surface area contributed by atoms with Gasteiger partial charge >= 0.3 is 6.03 Å². The van der Waals surface area contributed by atoms with Crippen molar-refractivity contribution in [3.63, 3.8) is 0 Å². The Hall–Kier alpha value is -1.93. The molecule has 8 heteroatoms. The summed E-state index contributed by atoms with van der Waals surface area (Å²) < 4.78 is 26.9. The lowest BCUT2D eigenvalue weighted by Gasteiger charge is -2.15. The van der Waals surface area contributed by atoms with Gasteiger partial charge in [0.25, 0.3) is 5.91 Å². The summed E-state index contributed by atoms with van der Waals surface area (Å²) in [5.41, 5.74) is 0.271. The van der Waals surface area contributed by atoms with Gasteiger partial charge in [-0.1, -0.05) is 6.07 Å². The molecule has 3 rings (SSSR count). The molecule has 0 unspecified atom stereocenters. The zero-order chi connectivity index (χ0) is 15.2. The van der Waals surface area contributed by atoms with E-state index >= 15 is 0 Å². The van der Waals surface area contributed by atoms with Crippen molar-refractivity contribution in [2.45, 2.75) is 23.8 Å². The molecule has 0 atom stereocenters. The summed E-state index contributed by atoms with van der Waals surface area (Å²) >= 11 is 0. The molecule has 1 aromatic rings. The quantitative estimate of drug-likeness (QED) is 0.822. The number of rotatable bonds is 4. The average molecular weight is 309 g/mol. The van der Waals surface area contributed by atoms with E-state index < -0.39 is 16.1 Å². The van der Waals surface area contributed by atoms with E-state index in [2.05, 4.69) is 4.72 Å². The normalized spacial score (nSPS) is 19.5. The number of hydrogen-bond donors (Lipinski definition) is 1. The Morgan fingerprint density at radius 1 is 1.24 bits per heavy atom. The molecule has 0 aromatic heterocycles. The number of benzene rings is 1. The van der Waals surface area contributed by atoms with Crippen molar-refractivity contribution in [3.05, 3.63) is 24.3 Å². The van der Waals surface area contributed by atoms with Crippen molar-refractivity contribution in [2.24, 2.45) is 0 Å². The molecule has 21 heavy (non-hydrogen) atoms. The monoisotopic (exact) mass is 309 g/mol. The first-order valence-corrected chi connectivity index (χ1v) is 8.07. The maximum Gasteiger partial charge on any atom is 0.331 e. The Morgan fingerprint density at radius 2 is 1.95 bits per heavy atom. The van der Waals surface area contributed by atoms with Gasteiger partial charge in [0.15, 0.2) is 0 Å². The highest BCUT2D eigenvalue weighted by molar-refractivity contribution is 7.89. The SMILES string of the molecule is CN1CC(=O)N(c2cccc(S(=O)(=O)NC3CC3)c2)C1=O. The van der Waals surface area contributed by atoms with Gasteiger partial charge < -0.3 is 4.90 Å². The first-order valence-electron chi connectivity index (χ1n) is 6.59. The fourth-order valence-electron chi connectivity index (χ4n) is 2.15. The Bertz CT molecular complexity index is 712. The van der Waals surface area contributed by atoms with E-state index in [9.17, 15) is 18.0 Å². The van der Waals surface area contributed by atoms with Crippen LogP contribution in [-0.4, -0.2) is 44.9 Å². The fourth-order valence-corrected chi connectivity index (χ4v) is 3.50. The Balaban J connectivity index is 1.93. The number of sulfonamides is 1. The molecule has 1 aromatic carbocycles. The van der Waals surface area contributed by atoms with Crippen LogP contribution in [0.1, 0.15) is 12.8 Å². The lowest BCUT2D eigenvalue weighted by molar-refractivity contribution is -0.116. The van der Waals surface area contributed by atoms with Gasteiger partial charge in [0.1, 0.15) is 6.54 Å². The minimum absolute atomic E-state index is 0.000148. The van der Waals surface area contributed by atoms with Gasteiger partial charge in [0.2, 0.25) is 10.0 Å². The van der Waals surface area contributed by atoms with E-state index in [0.717, 1.165) is 17.7 Å². The van der Waals surface area contributed by atoms with Crippen molar-refractivity contribution >= 4 is 27.6 Å². The molecule has 2 aliphatic rings. The Morgan fingerprint density at radius 3 is 2.52 bits per heavy atom. The van der Waals surface area contributed by atoms with Crippen LogP contribution in [0.2, 0.25) is 0 Å². The minimum Gasteiger partial charge on any atom is -0.318 e. The summed E-state index contributed by atoms with van der Waals surface area (Å²) in [4.78, 5) is 26.1. The molecular formula is C13H15N3O4S. The van der Waals surface area contributed by atoms with Gasteiger partial charge in [-0.25, -0.2) is 22.8 Å². The highest BCUT2D eigenvalue weighted by atomic mass is 32.2. The number of likely N-dealkylation sites (N-methyl/N-ethyl adjacent to an activating group) is 1. The molecule has 1 aliphatic carbocycles. The number of nitrogens with zero attached hydrogens (tertiary/aromatic N) is 2. The summed E-state index contributed by atoms with van der Waals surface area (Å²) in [6, 6.07) is 5.41. The summed E-state index contributed by atoms with van der Waals surface area (Å²) in [5.74, 6) is -0.368. The average Bonchev–Trinajstić information content (AvgIpc) is 3.17.